The van der Waals surface area contributed by atoms with Crippen LogP contribution in [-0.2, 0) is 0 Å². The molecule has 9 heteroatoms. The van der Waals surface area contributed by atoms with E-state index in [1.54, 1.807) is 18.3 Å². The summed E-state index contributed by atoms with van der Waals surface area (Å²) in [4.78, 5) is 17.8. The minimum Gasteiger partial charge on any atom is -0.457 e. The van der Waals surface area contributed by atoms with Crippen LogP contribution in [0.25, 0.3) is 5.69 Å². The van der Waals surface area contributed by atoms with E-state index in [0.717, 1.165) is 22.8 Å². The van der Waals surface area contributed by atoms with Gasteiger partial charge in [-0.1, -0.05) is 30.3 Å². The Balaban J connectivity index is 1.41. The second-order valence-corrected chi connectivity index (χ2v) is 9.37. The van der Waals surface area contributed by atoms with Gasteiger partial charge in [0, 0.05) is 35.9 Å². The zero-order valence-corrected chi connectivity index (χ0v) is 21.4. The van der Waals surface area contributed by atoms with Crippen LogP contribution in [0, 0.1) is 10.1 Å². The number of anilines is 1. The first kappa shape index (κ1) is 24.3. The lowest BCUT2D eigenvalue weighted by Crippen LogP contribution is -2.30. The quantitative estimate of drug-likeness (QED) is 0.141. The summed E-state index contributed by atoms with van der Waals surface area (Å²) in [6.45, 7) is 0. The summed E-state index contributed by atoms with van der Waals surface area (Å²) in [7, 11) is 0. The molecule has 0 bridgehead atoms. The molecule has 3 heterocycles. The molecule has 1 aliphatic heterocycles. The van der Waals surface area contributed by atoms with Crippen molar-refractivity contribution in [3.8, 4) is 17.2 Å². The summed E-state index contributed by atoms with van der Waals surface area (Å²) in [6.07, 6.45) is 3.66. The van der Waals surface area contributed by atoms with E-state index < -0.39 is 0 Å². The summed E-state index contributed by atoms with van der Waals surface area (Å²) in [5, 5.41) is 15.5. The number of ether oxygens (including phenoxy) is 1. The predicted octanol–water partition coefficient (Wildman–Crippen LogP) is 6.75. The number of nitro benzene ring substituents is 1. The van der Waals surface area contributed by atoms with E-state index in [2.05, 4.69) is 15.2 Å². The highest BCUT2D eigenvalue weighted by atomic mass is 32.1. The molecule has 1 saturated heterocycles. The minimum absolute atomic E-state index is 0.0272. The Morgan fingerprint density at radius 3 is 2.36 bits per heavy atom. The Labute approximate surface area is 230 Å². The van der Waals surface area contributed by atoms with Gasteiger partial charge in [-0.25, -0.2) is 0 Å². The lowest BCUT2D eigenvalue weighted by atomic mass is 10.0. The van der Waals surface area contributed by atoms with Gasteiger partial charge in [0.05, 0.1) is 22.3 Å². The number of nitro groups is 1. The van der Waals surface area contributed by atoms with E-state index in [0.29, 0.717) is 16.5 Å². The molecule has 39 heavy (non-hydrogen) atoms. The normalized spacial score (nSPS) is 16.6. The summed E-state index contributed by atoms with van der Waals surface area (Å²) >= 11 is 5.86. The van der Waals surface area contributed by atoms with Crippen LogP contribution in [0.1, 0.15) is 23.5 Å². The standard InChI is InChI=1S/C30H23N5O3S/c36-35(37)23-9-6-8-22(20-23)33-19-7-13-27(33)29-28(26-12-4-5-18-31-26)32-30(39)34(29)21-14-16-25(17-15-21)38-24-10-2-1-3-11-24/h1-20,28-29H,(H,32,39)/t28-,29+/m0/s1. The first-order chi connectivity index (χ1) is 19.1. The maximum Gasteiger partial charge on any atom is 0.271 e. The van der Waals surface area contributed by atoms with Crippen LogP contribution in [0.15, 0.2) is 122 Å². The highest BCUT2D eigenvalue weighted by Crippen LogP contribution is 2.42. The number of hydrogen-bond donors (Lipinski definition) is 1. The SMILES string of the molecule is O=[N+]([O-])c1cccc(-n2cccc2[C@@H]2[C@H](c3ccccn3)NC(=S)N2c2ccc(Oc3ccccc3)cc2)c1. The Bertz CT molecular complexity index is 1620. The molecule has 8 nitrogen and oxygen atoms in total. The first-order valence-electron chi connectivity index (χ1n) is 12.3. The Morgan fingerprint density at radius 2 is 1.62 bits per heavy atom. The molecular weight excluding hydrogens is 510 g/mol. The van der Waals surface area contributed by atoms with Gasteiger partial charge < -0.3 is 19.5 Å². The van der Waals surface area contributed by atoms with Gasteiger partial charge in [0.2, 0.25) is 0 Å². The van der Waals surface area contributed by atoms with Crippen LogP contribution >= 0.6 is 12.2 Å². The fourth-order valence-electron chi connectivity index (χ4n) is 4.86. The molecule has 192 valence electrons. The number of para-hydroxylation sites is 1. The molecule has 1 N–H and O–H groups in total. The third-order valence-electron chi connectivity index (χ3n) is 6.59. The Hall–Kier alpha value is -5.02. The molecule has 0 saturated carbocycles. The summed E-state index contributed by atoms with van der Waals surface area (Å²) < 4.78 is 7.95. The van der Waals surface area contributed by atoms with Gasteiger partial charge in [-0.2, -0.15) is 0 Å². The number of non-ortho nitro benzene ring substituents is 1. The molecule has 0 spiro atoms. The average Bonchev–Trinajstić information content (AvgIpc) is 3.59. The number of nitrogens with one attached hydrogen (secondary N) is 1. The molecule has 3 aromatic carbocycles. The van der Waals surface area contributed by atoms with E-state index >= 15 is 0 Å². The third-order valence-corrected chi connectivity index (χ3v) is 6.91. The van der Waals surface area contributed by atoms with Crippen molar-refractivity contribution < 1.29 is 9.66 Å². The van der Waals surface area contributed by atoms with Gasteiger partial charge >= 0.3 is 0 Å². The highest BCUT2D eigenvalue weighted by molar-refractivity contribution is 7.80. The first-order valence-corrected chi connectivity index (χ1v) is 12.7. The Morgan fingerprint density at radius 1 is 0.846 bits per heavy atom. The van der Waals surface area contributed by atoms with E-state index in [4.69, 9.17) is 17.0 Å². The van der Waals surface area contributed by atoms with Gasteiger partial charge in [-0.05, 0) is 78.9 Å². The maximum atomic E-state index is 11.5. The third kappa shape index (κ3) is 4.83. The van der Waals surface area contributed by atoms with Crippen molar-refractivity contribution in [1.82, 2.24) is 14.9 Å². The zero-order chi connectivity index (χ0) is 26.8. The van der Waals surface area contributed by atoms with Gasteiger partial charge in [0.15, 0.2) is 5.11 Å². The number of pyridine rings is 1. The number of rotatable bonds is 7. The average molecular weight is 534 g/mol. The topological polar surface area (TPSA) is 85.5 Å². The van der Waals surface area contributed by atoms with E-state index in [9.17, 15) is 10.1 Å². The van der Waals surface area contributed by atoms with Gasteiger partial charge in [0.1, 0.15) is 17.5 Å². The van der Waals surface area contributed by atoms with Crippen LogP contribution < -0.4 is 15.0 Å². The predicted molar refractivity (Wildman–Crippen MR) is 153 cm³/mol. The van der Waals surface area contributed by atoms with Crippen molar-refractivity contribution in [1.29, 1.82) is 0 Å². The van der Waals surface area contributed by atoms with Gasteiger partial charge in [0.25, 0.3) is 5.69 Å². The highest BCUT2D eigenvalue weighted by Gasteiger charge is 2.42. The molecule has 0 radical (unpaired) electrons. The van der Waals surface area contributed by atoms with Crippen molar-refractivity contribution >= 4 is 28.7 Å². The van der Waals surface area contributed by atoms with Crippen molar-refractivity contribution in [2.24, 2.45) is 0 Å². The lowest BCUT2D eigenvalue weighted by Gasteiger charge is -2.29. The Kier molecular flexibility index (Phi) is 6.48. The second-order valence-electron chi connectivity index (χ2n) is 8.99. The number of aromatic nitrogens is 2. The van der Waals surface area contributed by atoms with E-state index in [1.165, 1.54) is 6.07 Å². The van der Waals surface area contributed by atoms with E-state index in [-0.39, 0.29) is 22.7 Å². The lowest BCUT2D eigenvalue weighted by molar-refractivity contribution is -0.384. The fourth-order valence-corrected chi connectivity index (χ4v) is 5.21. The largest absolute Gasteiger partial charge is 0.457 e. The molecule has 1 aliphatic rings. The molecule has 2 aromatic heterocycles. The summed E-state index contributed by atoms with van der Waals surface area (Å²) in [5.74, 6) is 1.47. The second kappa shape index (κ2) is 10.4. The number of benzene rings is 3. The molecule has 0 aliphatic carbocycles. The summed E-state index contributed by atoms with van der Waals surface area (Å²) in [5.41, 5.74) is 3.34. The molecule has 0 amide bonds. The van der Waals surface area contributed by atoms with Crippen molar-refractivity contribution in [2.75, 3.05) is 4.90 Å². The van der Waals surface area contributed by atoms with Crippen LogP contribution in [0.3, 0.4) is 0 Å². The van der Waals surface area contributed by atoms with Crippen molar-refractivity contribution in [2.45, 2.75) is 12.1 Å². The number of hydrogen-bond acceptors (Lipinski definition) is 5. The smallest absolute Gasteiger partial charge is 0.271 e. The van der Waals surface area contributed by atoms with Gasteiger partial charge in [-0.15, -0.1) is 0 Å². The van der Waals surface area contributed by atoms with Crippen molar-refractivity contribution in [3.63, 3.8) is 0 Å². The minimum atomic E-state index is -0.388. The van der Waals surface area contributed by atoms with Crippen LogP contribution in [0.4, 0.5) is 11.4 Å². The number of thiocarbonyl (C=S) groups is 1. The molecule has 6 rings (SSSR count). The molecular formula is C30H23N5O3S. The van der Waals surface area contributed by atoms with Crippen LogP contribution in [0.5, 0.6) is 11.5 Å². The van der Waals surface area contributed by atoms with E-state index in [1.807, 2.05) is 102 Å². The molecule has 2 atom stereocenters. The van der Waals surface area contributed by atoms with Crippen molar-refractivity contribution in [3.05, 3.63) is 143 Å². The molecule has 5 aromatic rings. The van der Waals surface area contributed by atoms with Crippen LogP contribution in [-0.4, -0.2) is 19.6 Å². The van der Waals surface area contributed by atoms with Crippen LogP contribution in [0.2, 0.25) is 0 Å². The molecule has 0 unspecified atom stereocenters. The summed E-state index contributed by atoms with van der Waals surface area (Å²) in [6, 6.07) is 33.2. The fraction of sp³-hybridized carbons (Fsp3) is 0.0667. The monoisotopic (exact) mass is 533 g/mol. The molecule has 1 fully saturated rings. The zero-order valence-electron chi connectivity index (χ0n) is 20.6. The van der Waals surface area contributed by atoms with Gasteiger partial charge in [-0.3, -0.25) is 15.1 Å². The number of nitrogens with zero attached hydrogens (tertiary/aromatic N) is 4. The maximum absolute atomic E-state index is 11.5.